The average Bonchev–Trinajstić information content (AvgIpc) is 2.16. The third-order valence-electron chi connectivity index (χ3n) is 2.07. The van der Waals surface area contributed by atoms with E-state index in [1.54, 1.807) is 0 Å². The van der Waals surface area contributed by atoms with E-state index in [-0.39, 0.29) is 5.91 Å². The van der Waals surface area contributed by atoms with Crippen molar-refractivity contribution in [3.63, 3.8) is 0 Å². The van der Waals surface area contributed by atoms with E-state index in [2.05, 4.69) is 5.32 Å². The number of carbonyl (C=O) groups is 1. The highest BCUT2D eigenvalue weighted by Gasteiger charge is 2.29. The summed E-state index contributed by atoms with van der Waals surface area (Å²) in [5.74, 6) is -0.146. The summed E-state index contributed by atoms with van der Waals surface area (Å²) in [5.41, 5.74) is 0.109. The van der Waals surface area contributed by atoms with Gasteiger partial charge in [-0.1, -0.05) is 12.1 Å². The van der Waals surface area contributed by atoms with Gasteiger partial charge in [-0.15, -0.1) is 0 Å². The fourth-order valence-corrected chi connectivity index (χ4v) is 1.24. The molecule has 2 nitrogen and oxygen atoms in total. The number of amides is 1. The smallest absolute Gasteiger partial charge is 0.356 e. The maximum Gasteiger partial charge on any atom is 0.416 e. The van der Waals surface area contributed by atoms with E-state index < -0.39 is 11.7 Å². The van der Waals surface area contributed by atoms with E-state index in [0.717, 1.165) is 17.7 Å². The highest BCUT2D eigenvalue weighted by molar-refractivity contribution is 5.72. The third kappa shape index (κ3) is 3.92. The summed E-state index contributed by atoms with van der Waals surface area (Å²) < 4.78 is 36.7. The van der Waals surface area contributed by atoms with Gasteiger partial charge in [-0.05, 0) is 24.1 Å². The van der Waals surface area contributed by atoms with Crippen LogP contribution in [0.15, 0.2) is 24.3 Å². The van der Waals surface area contributed by atoms with Crippen molar-refractivity contribution in [3.05, 3.63) is 35.4 Å². The molecule has 0 aliphatic heterocycles. The zero-order chi connectivity index (χ0) is 12.2. The van der Waals surface area contributed by atoms with E-state index in [1.165, 1.54) is 19.1 Å². The molecule has 0 unspecified atom stereocenters. The van der Waals surface area contributed by atoms with Crippen LogP contribution in [0.2, 0.25) is 0 Å². The number of alkyl halides is 3. The molecule has 0 aromatic heterocycles. The van der Waals surface area contributed by atoms with Crippen molar-refractivity contribution in [2.24, 2.45) is 0 Å². The van der Waals surface area contributed by atoms with E-state index in [9.17, 15) is 18.0 Å². The van der Waals surface area contributed by atoms with Gasteiger partial charge in [0.05, 0.1) is 5.56 Å². The van der Waals surface area contributed by atoms with Crippen LogP contribution >= 0.6 is 0 Å². The molecule has 1 rings (SSSR count). The highest BCUT2D eigenvalue weighted by atomic mass is 19.4. The van der Waals surface area contributed by atoms with Gasteiger partial charge < -0.3 is 5.32 Å². The van der Waals surface area contributed by atoms with E-state index >= 15 is 0 Å². The Morgan fingerprint density at radius 3 is 2.25 bits per heavy atom. The van der Waals surface area contributed by atoms with Gasteiger partial charge in [0.25, 0.3) is 0 Å². The number of nitrogens with one attached hydrogen (secondary N) is 1. The highest BCUT2D eigenvalue weighted by Crippen LogP contribution is 2.29. The summed E-state index contributed by atoms with van der Waals surface area (Å²) in [4.78, 5) is 10.6. The lowest BCUT2D eigenvalue weighted by Gasteiger charge is -2.07. The molecule has 5 heteroatoms. The van der Waals surface area contributed by atoms with Gasteiger partial charge in [-0.3, -0.25) is 4.79 Å². The molecule has 0 atom stereocenters. The molecule has 0 saturated heterocycles. The Morgan fingerprint density at radius 2 is 1.81 bits per heavy atom. The van der Waals surface area contributed by atoms with Crippen LogP contribution in [0, 0.1) is 0 Å². The Labute approximate surface area is 91.5 Å². The van der Waals surface area contributed by atoms with Crippen molar-refractivity contribution in [2.45, 2.75) is 19.5 Å². The second-order valence-corrected chi connectivity index (χ2v) is 3.43. The Hall–Kier alpha value is -1.52. The molecule has 0 aliphatic carbocycles. The van der Waals surface area contributed by atoms with Gasteiger partial charge in [-0.2, -0.15) is 13.2 Å². The number of rotatable bonds is 3. The van der Waals surface area contributed by atoms with Crippen molar-refractivity contribution < 1.29 is 18.0 Å². The van der Waals surface area contributed by atoms with Crippen LogP contribution in [-0.4, -0.2) is 12.5 Å². The standard InChI is InChI=1S/C11H12F3NO/c1-8(16)15-7-6-9-2-4-10(5-3-9)11(12,13)14/h2-5H,6-7H2,1H3,(H,15,16). The lowest BCUT2D eigenvalue weighted by Crippen LogP contribution is -2.22. The first-order chi connectivity index (χ1) is 7.39. The largest absolute Gasteiger partial charge is 0.416 e. The number of hydrogen-bond acceptors (Lipinski definition) is 1. The van der Waals surface area contributed by atoms with Gasteiger partial charge in [0.15, 0.2) is 0 Å². The van der Waals surface area contributed by atoms with Crippen LogP contribution in [0.5, 0.6) is 0 Å². The summed E-state index contributed by atoms with van der Waals surface area (Å²) in [6.45, 7) is 1.83. The number of hydrogen-bond donors (Lipinski definition) is 1. The molecule has 0 aliphatic rings. The first kappa shape index (κ1) is 12.5. The molecule has 16 heavy (non-hydrogen) atoms. The lowest BCUT2D eigenvalue weighted by atomic mass is 10.1. The zero-order valence-electron chi connectivity index (χ0n) is 8.77. The predicted molar refractivity (Wildman–Crippen MR) is 53.8 cm³/mol. The first-order valence-corrected chi connectivity index (χ1v) is 4.80. The summed E-state index contributed by atoms with van der Waals surface area (Å²) in [7, 11) is 0. The molecule has 0 spiro atoms. The molecule has 0 bridgehead atoms. The van der Waals surface area contributed by atoms with Crippen LogP contribution < -0.4 is 5.32 Å². The summed E-state index contributed by atoms with van der Waals surface area (Å²) in [5, 5.41) is 2.58. The van der Waals surface area contributed by atoms with Crippen LogP contribution in [-0.2, 0) is 17.4 Å². The Bertz CT molecular complexity index is 356. The molecule has 1 aromatic carbocycles. The van der Waals surface area contributed by atoms with Gasteiger partial charge in [0, 0.05) is 13.5 Å². The molecule has 0 saturated carbocycles. The Kier molecular flexibility index (Phi) is 3.93. The Balaban J connectivity index is 2.55. The molecule has 88 valence electrons. The normalized spacial score (nSPS) is 11.2. The van der Waals surface area contributed by atoms with E-state index in [4.69, 9.17) is 0 Å². The van der Waals surface area contributed by atoms with Crippen LogP contribution in [0.4, 0.5) is 13.2 Å². The summed E-state index contributed by atoms with van der Waals surface area (Å²) in [6.07, 6.45) is -3.77. The molecular formula is C11H12F3NO. The second kappa shape index (κ2) is 5.01. The summed E-state index contributed by atoms with van der Waals surface area (Å²) >= 11 is 0. The Morgan fingerprint density at radius 1 is 1.25 bits per heavy atom. The zero-order valence-corrected chi connectivity index (χ0v) is 8.77. The van der Waals surface area contributed by atoms with Crippen molar-refractivity contribution in [2.75, 3.05) is 6.54 Å². The molecule has 0 fully saturated rings. The van der Waals surface area contributed by atoms with Crippen LogP contribution in [0.3, 0.4) is 0 Å². The molecule has 0 radical (unpaired) electrons. The molecular weight excluding hydrogens is 219 g/mol. The van der Waals surface area contributed by atoms with E-state index in [0.29, 0.717) is 13.0 Å². The van der Waals surface area contributed by atoms with Crippen molar-refractivity contribution in [1.29, 1.82) is 0 Å². The fraction of sp³-hybridized carbons (Fsp3) is 0.364. The van der Waals surface area contributed by atoms with Gasteiger partial charge >= 0.3 is 6.18 Å². The molecule has 0 heterocycles. The average molecular weight is 231 g/mol. The third-order valence-corrected chi connectivity index (χ3v) is 2.07. The number of halogens is 3. The van der Waals surface area contributed by atoms with Crippen LogP contribution in [0.1, 0.15) is 18.1 Å². The van der Waals surface area contributed by atoms with Crippen molar-refractivity contribution >= 4 is 5.91 Å². The maximum atomic E-state index is 12.2. The summed E-state index contributed by atoms with van der Waals surface area (Å²) in [6, 6.07) is 4.93. The maximum absolute atomic E-state index is 12.2. The SMILES string of the molecule is CC(=O)NCCc1ccc(C(F)(F)F)cc1. The molecule has 1 amide bonds. The van der Waals surface area contributed by atoms with Gasteiger partial charge in [-0.25, -0.2) is 0 Å². The quantitative estimate of drug-likeness (QED) is 0.850. The minimum absolute atomic E-state index is 0.146. The monoisotopic (exact) mass is 231 g/mol. The van der Waals surface area contributed by atoms with Crippen LogP contribution in [0.25, 0.3) is 0 Å². The predicted octanol–water partition coefficient (Wildman–Crippen LogP) is 2.38. The number of benzene rings is 1. The minimum Gasteiger partial charge on any atom is -0.356 e. The molecule has 1 N–H and O–H groups in total. The van der Waals surface area contributed by atoms with Gasteiger partial charge in [0.2, 0.25) is 5.91 Å². The van der Waals surface area contributed by atoms with E-state index in [1.807, 2.05) is 0 Å². The fourth-order valence-electron chi connectivity index (χ4n) is 1.24. The number of carbonyl (C=O) groups excluding carboxylic acids is 1. The van der Waals surface area contributed by atoms with Gasteiger partial charge in [0.1, 0.15) is 0 Å². The first-order valence-electron chi connectivity index (χ1n) is 4.80. The van der Waals surface area contributed by atoms with Crippen molar-refractivity contribution in [1.82, 2.24) is 5.32 Å². The van der Waals surface area contributed by atoms with Crippen molar-refractivity contribution in [3.8, 4) is 0 Å². The lowest BCUT2D eigenvalue weighted by molar-refractivity contribution is -0.137. The molecule has 1 aromatic rings. The topological polar surface area (TPSA) is 29.1 Å². The second-order valence-electron chi connectivity index (χ2n) is 3.43. The minimum atomic E-state index is -4.30.